The zero-order valence-electron chi connectivity index (χ0n) is 12.6. The molecule has 2 amide bonds. The molecular formula is C15H24N2O4. The van der Waals surface area contributed by atoms with Crippen LogP contribution in [0.15, 0.2) is 0 Å². The van der Waals surface area contributed by atoms with Gasteiger partial charge < -0.3 is 15.7 Å². The Morgan fingerprint density at radius 1 is 1.33 bits per heavy atom. The third kappa shape index (κ3) is 3.54. The van der Waals surface area contributed by atoms with Crippen molar-refractivity contribution < 1.29 is 19.5 Å². The zero-order chi connectivity index (χ0) is 15.6. The number of rotatable bonds is 6. The third-order valence-corrected chi connectivity index (χ3v) is 4.88. The molecule has 0 aliphatic heterocycles. The van der Waals surface area contributed by atoms with Gasteiger partial charge >= 0.3 is 5.97 Å². The molecule has 2 rings (SSSR count). The van der Waals surface area contributed by atoms with Crippen LogP contribution in [-0.2, 0) is 14.4 Å². The van der Waals surface area contributed by atoms with Gasteiger partial charge in [0.05, 0.1) is 5.41 Å². The van der Waals surface area contributed by atoms with Crippen molar-refractivity contribution in [2.75, 3.05) is 6.54 Å². The van der Waals surface area contributed by atoms with Gasteiger partial charge in [0, 0.05) is 24.9 Å². The van der Waals surface area contributed by atoms with Crippen LogP contribution in [0.3, 0.4) is 0 Å². The lowest BCUT2D eigenvalue weighted by molar-refractivity contribution is -0.149. The Morgan fingerprint density at radius 2 is 2.00 bits per heavy atom. The van der Waals surface area contributed by atoms with E-state index in [1.165, 1.54) is 0 Å². The molecule has 118 valence electrons. The summed E-state index contributed by atoms with van der Waals surface area (Å²) < 4.78 is 0. The first kappa shape index (κ1) is 15.8. The first-order chi connectivity index (χ1) is 9.84. The lowest BCUT2D eigenvalue weighted by Crippen LogP contribution is -2.47. The average Bonchev–Trinajstić information content (AvgIpc) is 3.03. The van der Waals surface area contributed by atoms with Crippen molar-refractivity contribution >= 4 is 17.8 Å². The molecule has 0 spiro atoms. The second-order valence-electron chi connectivity index (χ2n) is 6.60. The van der Waals surface area contributed by atoms with E-state index in [1.807, 2.05) is 6.92 Å². The largest absolute Gasteiger partial charge is 0.481 e. The number of carbonyl (C=O) groups is 3. The van der Waals surface area contributed by atoms with Crippen LogP contribution in [0.5, 0.6) is 0 Å². The Labute approximate surface area is 124 Å². The minimum absolute atomic E-state index is 0.0199. The molecule has 4 atom stereocenters. The van der Waals surface area contributed by atoms with E-state index >= 15 is 0 Å². The van der Waals surface area contributed by atoms with Crippen LogP contribution in [0.4, 0.5) is 0 Å². The molecule has 2 saturated carbocycles. The number of nitrogens with one attached hydrogen (secondary N) is 2. The van der Waals surface area contributed by atoms with Crippen molar-refractivity contribution in [2.45, 2.75) is 52.0 Å². The predicted molar refractivity (Wildman–Crippen MR) is 76.4 cm³/mol. The van der Waals surface area contributed by atoms with E-state index in [1.54, 1.807) is 6.92 Å². The maximum absolute atomic E-state index is 11.9. The molecule has 0 aromatic rings. The number of aliphatic carboxylic acids is 1. The molecule has 21 heavy (non-hydrogen) atoms. The van der Waals surface area contributed by atoms with Crippen molar-refractivity contribution in [1.29, 1.82) is 0 Å². The number of carboxylic acid groups (broad SMARTS) is 1. The SMILES string of the molecule is CC1CC1C(=O)NCCC(=O)NC1CCCC1(C)C(=O)O. The number of carboxylic acids is 1. The van der Waals surface area contributed by atoms with E-state index in [9.17, 15) is 19.5 Å². The smallest absolute Gasteiger partial charge is 0.311 e. The van der Waals surface area contributed by atoms with Crippen LogP contribution in [-0.4, -0.2) is 35.5 Å². The van der Waals surface area contributed by atoms with Gasteiger partial charge in [-0.15, -0.1) is 0 Å². The summed E-state index contributed by atoms with van der Waals surface area (Å²) >= 11 is 0. The van der Waals surface area contributed by atoms with Crippen LogP contribution in [0, 0.1) is 17.3 Å². The topological polar surface area (TPSA) is 95.5 Å². The first-order valence-corrected chi connectivity index (χ1v) is 7.65. The molecular weight excluding hydrogens is 272 g/mol. The zero-order valence-corrected chi connectivity index (χ0v) is 12.6. The van der Waals surface area contributed by atoms with E-state index in [2.05, 4.69) is 10.6 Å². The van der Waals surface area contributed by atoms with Gasteiger partial charge in [-0.2, -0.15) is 0 Å². The summed E-state index contributed by atoms with van der Waals surface area (Å²) in [6.45, 7) is 4.03. The second kappa shape index (κ2) is 6.03. The quantitative estimate of drug-likeness (QED) is 0.679. The van der Waals surface area contributed by atoms with Crippen molar-refractivity contribution in [3.05, 3.63) is 0 Å². The fraction of sp³-hybridized carbons (Fsp3) is 0.800. The molecule has 0 bridgehead atoms. The Hall–Kier alpha value is -1.59. The minimum Gasteiger partial charge on any atom is -0.481 e. The number of hydrogen-bond donors (Lipinski definition) is 3. The highest BCUT2D eigenvalue weighted by Gasteiger charge is 2.45. The Bertz CT molecular complexity index is 451. The molecule has 0 heterocycles. The van der Waals surface area contributed by atoms with Crippen molar-refractivity contribution in [1.82, 2.24) is 10.6 Å². The monoisotopic (exact) mass is 296 g/mol. The standard InChI is InChI=1S/C15H24N2O4/c1-9-8-10(9)13(19)16-7-5-12(18)17-11-4-3-6-15(11,2)14(20)21/h9-11H,3-8H2,1-2H3,(H,16,19)(H,17,18)(H,20,21). The lowest BCUT2D eigenvalue weighted by Gasteiger charge is -2.27. The normalized spacial score (nSPS) is 34.3. The van der Waals surface area contributed by atoms with E-state index in [0.29, 0.717) is 25.3 Å². The van der Waals surface area contributed by atoms with Crippen LogP contribution in [0.2, 0.25) is 0 Å². The van der Waals surface area contributed by atoms with Gasteiger partial charge in [0.25, 0.3) is 0 Å². The van der Waals surface area contributed by atoms with Crippen molar-refractivity contribution in [3.8, 4) is 0 Å². The highest BCUT2D eigenvalue weighted by molar-refractivity contribution is 5.83. The molecule has 0 aromatic heterocycles. The predicted octanol–water partition coefficient (Wildman–Crippen LogP) is 0.908. The van der Waals surface area contributed by atoms with Crippen LogP contribution in [0.25, 0.3) is 0 Å². The van der Waals surface area contributed by atoms with E-state index in [4.69, 9.17) is 0 Å². The lowest BCUT2D eigenvalue weighted by atomic mass is 9.85. The number of hydrogen-bond acceptors (Lipinski definition) is 3. The van der Waals surface area contributed by atoms with Gasteiger partial charge in [-0.1, -0.05) is 13.3 Å². The maximum Gasteiger partial charge on any atom is 0.311 e. The molecule has 4 unspecified atom stereocenters. The second-order valence-corrected chi connectivity index (χ2v) is 6.60. The summed E-state index contributed by atoms with van der Waals surface area (Å²) in [5.41, 5.74) is -0.873. The van der Waals surface area contributed by atoms with Crippen LogP contribution < -0.4 is 10.6 Å². The van der Waals surface area contributed by atoms with Crippen molar-refractivity contribution in [3.63, 3.8) is 0 Å². The van der Waals surface area contributed by atoms with Gasteiger partial charge in [-0.3, -0.25) is 14.4 Å². The Balaban J connectivity index is 1.72. The molecule has 0 radical (unpaired) electrons. The molecule has 6 nitrogen and oxygen atoms in total. The van der Waals surface area contributed by atoms with E-state index < -0.39 is 11.4 Å². The van der Waals surface area contributed by atoms with Crippen LogP contribution in [0.1, 0.15) is 46.0 Å². The summed E-state index contributed by atoms with van der Waals surface area (Å²) in [6, 6.07) is -0.318. The van der Waals surface area contributed by atoms with E-state index in [-0.39, 0.29) is 30.2 Å². The van der Waals surface area contributed by atoms with Gasteiger partial charge in [0.1, 0.15) is 0 Å². The summed E-state index contributed by atoms with van der Waals surface area (Å²) in [7, 11) is 0. The van der Waals surface area contributed by atoms with Gasteiger partial charge in [-0.25, -0.2) is 0 Å². The summed E-state index contributed by atoms with van der Waals surface area (Å²) in [6.07, 6.45) is 3.21. The molecule has 2 aliphatic rings. The molecule has 3 N–H and O–H groups in total. The van der Waals surface area contributed by atoms with Gasteiger partial charge in [-0.05, 0) is 32.1 Å². The fourth-order valence-electron chi connectivity index (χ4n) is 3.04. The fourth-order valence-corrected chi connectivity index (χ4v) is 3.04. The highest BCUT2D eigenvalue weighted by atomic mass is 16.4. The summed E-state index contributed by atoms with van der Waals surface area (Å²) in [4.78, 5) is 34.8. The minimum atomic E-state index is -0.873. The maximum atomic E-state index is 11.9. The summed E-state index contributed by atoms with van der Waals surface area (Å²) in [5, 5.41) is 14.9. The number of amides is 2. The molecule has 6 heteroatoms. The molecule has 0 saturated heterocycles. The Morgan fingerprint density at radius 3 is 2.57 bits per heavy atom. The Kier molecular flexibility index (Phi) is 4.54. The number of carbonyl (C=O) groups excluding carboxylic acids is 2. The van der Waals surface area contributed by atoms with Gasteiger partial charge in [0.2, 0.25) is 11.8 Å². The molecule has 2 aliphatic carbocycles. The molecule has 0 aromatic carbocycles. The van der Waals surface area contributed by atoms with E-state index in [0.717, 1.165) is 12.8 Å². The van der Waals surface area contributed by atoms with Gasteiger partial charge in [0.15, 0.2) is 0 Å². The summed E-state index contributed by atoms with van der Waals surface area (Å²) in [5.74, 6) is -0.474. The van der Waals surface area contributed by atoms with Crippen LogP contribution >= 0.6 is 0 Å². The van der Waals surface area contributed by atoms with Crippen molar-refractivity contribution in [2.24, 2.45) is 17.3 Å². The first-order valence-electron chi connectivity index (χ1n) is 7.65. The average molecular weight is 296 g/mol. The molecule has 2 fully saturated rings. The third-order valence-electron chi connectivity index (χ3n) is 4.88. The highest BCUT2D eigenvalue weighted by Crippen LogP contribution is 2.38.